The summed E-state index contributed by atoms with van der Waals surface area (Å²) in [6.07, 6.45) is 0. The molecule has 2 N–H and O–H groups in total. The highest BCUT2D eigenvalue weighted by Crippen LogP contribution is 2.33. The number of H-pyrrole nitrogens is 1. The Morgan fingerprint density at radius 1 is 1.06 bits per heavy atom. The van der Waals surface area contributed by atoms with Crippen LogP contribution in [0.25, 0.3) is 22.5 Å². The zero-order chi connectivity index (χ0) is 23.2. The molecule has 0 radical (unpaired) electrons. The molecule has 0 aliphatic rings. The molecule has 0 spiro atoms. The highest BCUT2D eigenvalue weighted by atomic mass is 32.2. The smallest absolute Gasteiger partial charge is 0.296 e. The van der Waals surface area contributed by atoms with Crippen LogP contribution in [-0.2, 0) is 4.79 Å². The first kappa shape index (κ1) is 22.1. The second kappa shape index (κ2) is 10.0. The predicted octanol–water partition coefficient (Wildman–Crippen LogP) is 5.39. The number of methoxy groups -OCH3 is 1. The van der Waals surface area contributed by atoms with Crippen molar-refractivity contribution >= 4 is 29.0 Å². The molecule has 1 heterocycles. The van der Waals surface area contributed by atoms with Crippen molar-refractivity contribution in [3.05, 3.63) is 89.0 Å². The molecule has 3 aromatic carbocycles. The Kier molecular flexibility index (Phi) is 6.70. The number of hydrogen-bond acceptors (Lipinski definition) is 6. The maximum absolute atomic E-state index is 12.5. The average Bonchev–Trinajstić information content (AvgIpc) is 3.28. The van der Waals surface area contributed by atoms with Gasteiger partial charge in [-0.1, -0.05) is 72.4 Å². The third-order valence-electron chi connectivity index (χ3n) is 4.81. The number of carbonyl (C=O) groups excluding carboxylic acids is 1. The normalized spacial score (nSPS) is 10.6. The molecular formula is C24H20N4O4S. The van der Waals surface area contributed by atoms with E-state index in [2.05, 4.69) is 10.3 Å². The van der Waals surface area contributed by atoms with E-state index in [4.69, 9.17) is 9.72 Å². The van der Waals surface area contributed by atoms with E-state index < -0.39 is 4.92 Å². The molecule has 9 heteroatoms. The Labute approximate surface area is 194 Å². The van der Waals surface area contributed by atoms with E-state index in [0.29, 0.717) is 10.9 Å². The molecule has 1 aromatic heterocycles. The fraction of sp³-hybridized carbons (Fsp3) is 0.0833. The second-order valence-corrected chi connectivity index (χ2v) is 7.94. The standard InChI is InChI=1S/C24H20N4O4S/c1-32-18-12-13-19(20(14-18)28(30)31)25-21(29)15-33-24-26-22(16-8-4-2-5-9-16)23(27-24)17-10-6-3-7-11-17/h2-14H,15H2,1H3,(H,25,29)(H,26,27). The molecular weight excluding hydrogens is 440 g/mol. The van der Waals surface area contributed by atoms with Crippen molar-refractivity contribution in [1.29, 1.82) is 0 Å². The van der Waals surface area contributed by atoms with Crippen LogP contribution in [0.4, 0.5) is 11.4 Å². The van der Waals surface area contributed by atoms with Crippen molar-refractivity contribution in [2.45, 2.75) is 5.16 Å². The number of aromatic nitrogens is 2. The summed E-state index contributed by atoms with van der Waals surface area (Å²) in [6.45, 7) is 0. The number of amides is 1. The van der Waals surface area contributed by atoms with Gasteiger partial charge in [0.25, 0.3) is 5.69 Å². The van der Waals surface area contributed by atoms with Crippen LogP contribution in [0.3, 0.4) is 0 Å². The van der Waals surface area contributed by atoms with Crippen LogP contribution >= 0.6 is 11.8 Å². The number of imidazole rings is 1. The Hall–Kier alpha value is -4.11. The lowest BCUT2D eigenvalue weighted by molar-refractivity contribution is -0.384. The first-order valence-corrected chi connectivity index (χ1v) is 11.0. The minimum absolute atomic E-state index is 0.0269. The first-order valence-electron chi connectivity index (χ1n) is 10.0. The van der Waals surface area contributed by atoms with Crippen LogP contribution in [0, 0.1) is 10.1 Å². The molecule has 4 rings (SSSR count). The van der Waals surface area contributed by atoms with Gasteiger partial charge in [0.1, 0.15) is 11.4 Å². The van der Waals surface area contributed by atoms with E-state index >= 15 is 0 Å². The quantitative estimate of drug-likeness (QED) is 0.207. The molecule has 0 unspecified atom stereocenters. The minimum atomic E-state index is -0.559. The van der Waals surface area contributed by atoms with Crippen LogP contribution in [-0.4, -0.2) is 33.7 Å². The summed E-state index contributed by atoms with van der Waals surface area (Å²) in [5.74, 6) is -0.0159. The summed E-state index contributed by atoms with van der Waals surface area (Å²) in [4.78, 5) is 31.3. The van der Waals surface area contributed by atoms with Gasteiger partial charge in [-0.25, -0.2) is 4.98 Å². The minimum Gasteiger partial charge on any atom is -0.496 e. The Bertz CT molecular complexity index is 1220. The fourth-order valence-corrected chi connectivity index (χ4v) is 3.92. The van der Waals surface area contributed by atoms with Crippen molar-refractivity contribution in [3.8, 4) is 28.3 Å². The summed E-state index contributed by atoms with van der Waals surface area (Å²) >= 11 is 1.22. The summed E-state index contributed by atoms with van der Waals surface area (Å²) in [6, 6.07) is 23.9. The Balaban J connectivity index is 1.53. The summed E-state index contributed by atoms with van der Waals surface area (Å²) in [5.41, 5.74) is 3.46. The van der Waals surface area contributed by atoms with Crippen molar-refractivity contribution in [3.63, 3.8) is 0 Å². The lowest BCUT2D eigenvalue weighted by Crippen LogP contribution is -2.15. The molecule has 0 aliphatic carbocycles. The number of nitrogens with zero attached hydrogens (tertiary/aromatic N) is 2. The number of anilines is 1. The van der Waals surface area contributed by atoms with Gasteiger partial charge in [-0.2, -0.15) is 0 Å². The van der Waals surface area contributed by atoms with Crippen molar-refractivity contribution in [2.24, 2.45) is 0 Å². The van der Waals surface area contributed by atoms with Crippen molar-refractivity contribution < 1.29 is 14.5 Å². The van der Waals surface area contributed by atoms with Gasteiger partial charge in [0, 0.05) is 11.1 Å². The van der Waals surface area contributed by atoms with E-state index in [0.717, 1.165) is 22.5 Å². The molecule has 0 saturated heterocycles. The third-order valence-corrected chi connectivity index (χ3v) is 5.68. The monoisotopic (exact) mass is 460 g/mol. The van der Waals surface area contributed by atoms with E-state index in [9.17, 15) is 14.9 Å². The largest absolute Gasteiger partial charge is 0.496 e. The lowest BCUT2D eigenvalue weighted by atomic mass is 10.1. The molecule has 0 atom stereocenters. The molecule has 4 aromatic rings. The lowest BCUT2D eigenvalue weighted by Gasteiger charge is -2.07. The predicted molar refractivity (Wildman–Crippen MR) is 128 cm³/mol. The highest BCUT2D eigenvalue weighted by molar-refractivity contribution is 7.99. The van der Waals surface area contributed by atoms with Crippen LogP contribution in [0.1, 0.15) is 0 Å². The molecule has 1 amide bonds. The van der Waals surface area contributed by atoms with Crippen LogP contribution in [0.2, 0.25) is 0 Å². The molecule has 0 bridgehead atoms. The van der Waals surface area contributed by atoms with Gasteiger partial charge in [-0.3, -0.25) is 14.9 Å². The number of thioether (sulfide) groups is 1. The van der Waals surface area contributed by atoms with Gasteiger partial charge < -0.3 is 15.0 Å². The number of ether oxygens (including phenoxy) is 1. The number of nitro groups is 1. The van der Waals surface area contributed by atoms with Crippen LogP contribution < -0.4 is 10.1 Å². The van der Waals surface area contributed by atoms with Gasteiger partial charge in [-0.05, 0) is 12.1 Å². The first-order chi connectivity index (χ1) is 16.0. The summed E-state index contributed by atoms with van der Waals surface area (Å²) in [5, 5.41) is 14.5. The number of hydrogen-bond donors (Lipinski definition) is 2. The van der Waals surface area contributed by atoms with E-state index in [-0.39, 0.29) is 23.0 Å². The summed E-state index contributed by atoms with van der Waals surface area (Å²) < 4.78 is 5.02. The highest BCUT2D eigenvalue weighted by Gasteiger charge is 2.19. The number of nitro benzene ring substituents is 1. The number of carbonyl (C=O) groups is 1. The SMILES string of the molecule is COc1ccc(NC(=O)CSc2nc(-c3ccccc3)c(-c3ccccc3)[nH]2)c([N+](=O)[O-])c1. The number of rotatable bonds is 8. The van der Waals surface area contributed by atoms with E-state index in [1.165, 1.54) is 31.0 Å². The maximum Gasteiger partial charge on any atom is 0.296 e. The Morgan fingerprint density at radius 3 is 2.36 bits per heavy atom. The van der Waals surface area contributed by atoms with Crippen LogP contribution in [0.5, 0.6) is 5.75 Å². The molecule has 0 fully saturated rings. The van der Waals surface area contributed by atoms with E-state index in [1.807, 2.05) is 60.7 Å². The summed E-state index contributed by atoms with van der Waals surface area (Å²) in [7, 11) is 1.42. The Morgan fingerprint density at radius 2 is 1.73 bits per heavy atom. The molecule has 0 aliphatic heterocycles. The molecule has 33 heavy (non-hydrogen) atoms. The zero-order valence-electron chi connectivity index (χ0n) is 17.6. The average molecular weight is 461 g/mol. The van der Waals surface area contributed by atoms with Gasteiger partial charge >= 0.3 is 0 Å². The van der Waals surface area contributed by atoms with Gasteiger partial charge in [0.05, 0.1) is 35.2 Å². The molecule has 8 nitrogen and oxygen atoms in total. The van der Waals surface area contributed by atoms with Gasteiger partial charge in [-0.15, -0.1) is 0 Å². The fourth-order valence-electron chi connectivity index (χ4n) is 3.25. The van der Waals surface area contributed by atoms with Crippen molar-refractivity contribution in [1.82, 2.24) is 9.97 Å². The topological polar surface area (TPSA) is 110 Å². The molecule has 0 saturated carbocycles. The zero-order valence-corrected chi connectivity index (χ0v) is 18.5. The second-order valence-electron chi connectivity index (χ2n) is 6.97. The molecule has 166 valence electrons. The van der Waals surface area contributed by atoms with Gasteiger partial charge in [0.15, 0.2) is 5.16 Å². The van der Waals surface area contributed by atoms with Gasteiger partial charge in [0.2, 0.25) is 5.91 Å². The third kappa shape index (κ3) is 5.21. The maximum atomic E-state index is 12.5. The van der Waals surface area contributed by atoms with E-state index in [1.54, 1.807) is 6.07 Å². The number of benzene rings is 3. The number of aromatic amines is 1. The van der Waals surface area contributed by atoms with Crippen LogP contribution in [0.15, 0.2) is 84.0 Å². The van der Waals surface area contributed by atoms with Crippen molar-refractivity contribution in [2.75, 3.05) is 18.2 Å². The number of nitrogens with one attached hydrogen (secondary N) is 2.